The van der Waals surface area contributed by atoms with E-state index in [9.17, 15) is 23.1 Å². The first-order valence-electron chi connectivity index (χ1n) is 8.73. The monoisotopic (exact) mass is 410 g/mol. The number of piperidine rings is 1. The van der Waals surface area contributed by atoms with Crippen molar-refractivity contribution in [3.05, 3.63) is 29.8 Å². The van der Waals surface area contributed by atoms with Crippen LogP contribution in [0.5, 0.6) is 5.75 Å². The van der Waals surface area contributed by atoms with Crippen LogP contribution in [0.1, 0.15) is 25.3 Å². The maximum atomic E-state index is 12.3. The zero-order chi connectivity index (χ0) is 19.2. The van der Waals surface area contributed by atoms with Crippen LogP contribution < -0.4 is 15.4 Å². The molecule has 5 nitrogen and oxygen atoms in total. The van der Waals surface area contributed by atoms with Gasteiger partial charge < -0.3 is 20.5 Å². The second kappa shape index (κ2) is 10.7. The van der Waals surface area contributed by atoms with Gasteiger partial charge in [-0.25, -0.2) is 0 Å². The summed E-state index contributed by atoms with van der Waals surface area (Å²) in [5.41, 5.74) is 0.767. The van der Waals surface area contributed by atoms with Gasteiger partial charge in [-0.2, -0.15) is 0 Å². The summed E-state index contributed by atoms with van der Waals surface area (Å²) in [7, 11) is 0. The third-order valence-corrected chi connectivity index (χ3v) is 4.50. The van der Waals surface area contributed by atoms with Gasteiger partial charge in [0.25, 0.3) is 0 Å². The summed E-state index contributed by atoms with van der Waals surface area (Å²) in [5.74, 6) is -0.516. The van der Waals surface area contributed by atoms with Crippen molar-refractivity contribution in [3.63, 3.8) is 0 Å². The first-order chi connectivity index (χ1) is 12.3. The zero-order valence-corrected chi connectivity index (χ0v) is 15.9. The Morgan fingerprint density at radius 3 is 2.59 bits per heavy atom. The van der Waals surface area contributed by atoms with Crippen molar-refractivity contribution in [2.45, 2.75) is 38.6 Å². The predicted octanol–water partition coefficient (Wildman–Crippen LogP) is 2.66. The number of ether oxygens (including phenoxy) is 1. The average Bonchev–Trinajstić information content (AvgIpc) is 2.58. The lowest BCUT2D eigenvalue weighted by Crippen LogP contribution is -2.43. The first kappa shape index (κ1) is 23.5. The maximum Gasteiger partial charge on any atom is 0.573 e. The van der Waals surface area contributed by atoms with Gasteiger partial charge in [-0.1, -0.05) is 12.1 Å². The smallest absolute Gasteiger partial charge is 0.406 e. The van der Waals surface area contributed by atoms with Gasteiger partial charge in [-0.3, -0.25) is 4.79 Å². The second-order valence-electron chi connectivity index (χ2n) is 6.77. The summed E-state index contributed by atoms with van der Waals surface area (Å²) in [5, 5.41) is 15.7. The number of aliphatic hydroxyl groups is 1. The highest BCUT2D eigenvalue weighted by Gasteiger charge is 2.31. The molecule has 0 aliphatic carbocycles. The van der Waals surface area contributed by atoms with Gasteiger partial charge in [0, 0.05) is 31.0 Å². The van der Waals surface area contributed by atoms with Gasteiger partial charge in [0.1, 0.15) is 5.75 Å². The fourth-order valence-electron chi connectivity index (χ4n) is 3.12. The molecule has 1 fully saturated rings. The molecule has 1 amide bonds. The van der Waals surface area contributed by atoms with Crippen molar-refractivity contribution in [1.82, 2.24) is 10.6 Å². The van der Waals surface area contributed by atoms with E-state index in [1.807, 2.05) is 6.92 Å². The lowest BCUT2D eigenvalue weighted by atomic mass is 9.92. The highest BCUT2D eigenvalue weighted by molar-refractivity contribution is 5.85. The molecule has 9 heteroatoms. The fourth-order valence-corrected chi connectivity index (χ4v) is 3.12. The third-order valence-electron chi connectivity index (χ3n) is 4.50. The lowest BCUT2D eigenvalue weighted by Gasteiger charge is -2.27. The second-order valence-corrected chi connectivity index (χ2v) is 6.77. The molecule has 0 bridgehead atoms. The van der Waals surface area contributed by atoms with E-state index >= 15 is 0 Å². The van der Waals surface area contributed by atoms with Crippen LogP contribution in [0.25, 0.3) is 0 Å². The molecule has 0 aromatic heterocycles. The number of hydrogen-bond donors (Lipinski definition) is 3. The van der Waals surface area contributed by atoms with Crippen LogP contribution >= 0.6 is 12.4 Å². The van der Waals surface area contributed by atoms with Gasteiger partial charge >= 0.3 is 6.36 Å². The molecule has 0 radical (unpaired) electrons. The Hall–Kier alpha value is -1.51. The molecule has 1 aromatic carbocycles. The molecule has 1 saturated heterocycles. The Morgan fingerprint density at radius 2 is 2.04 bits per heavy atom. The minimum absolute atomic E-state index is 0. The van der Waals surface area contributed by atoms with E-state index in [0.29, 0.717) is 19.0 Å². The normalized spacial score (nSPS) is 21.1. The van der Waals surface area contributed by atoms with Crippen molar-refractivity contribution < 1.29 is 27.8 Å². The van der Waals surface area contributed by atoms with E-state index in [1.54, 1.807) is 0 Å². The highest BCUT2D eigenvalue weighted by atomic mass is 35.5. The summed E-state index contributed by atoms with van der Waals surface area (Å²) >= 11 is 0. The van der Waals surface area contributed by atoms with Crippen LogP contribution in [0.15, 0.2) is 24.3 Å². The van der Waals surface area contributed by atoms with Crippen molar-refractivity contribution >= 4 is 18.3 Å². The number of carbonyl (C=O) groups excluding carboxylic acids is 1. The maximum absolute atomic E-state index is 12.3. The zero-order valence-electron chi connectivity index (χ0n) is 15.1. The number of halogens is 4. The number of amides is 1. The summed E-state index contributed by atoms with van der Waals surface area (Å²) in [6, 6.07) is 5.85. The van der Waals surface area contributed by atoms with E-state index in [-0.39, 0.29) is 42.5 Å². The summed E-state index contributed by atoms with van der Waals surface area (Å²) in [6.45, 7) is 3.06. The minimum Gasteiger partial charge on any atom is -0.406 e. The average molecular weight is 411 g/mol. The van der Waals surface area contributed by atoms with Crippen LogP contribution in [0.3, 0.4) is 0 Å². The Morgan fingerprint density at radius 1 is 1.37 bits per heavy atom. The van der Waals surface area contributed by atoms with Gasteiger partial charge in [-0.05, 0) is 50.4 Å². The molecule has 1 aliphatic rings. The number of hydrogen-bond acceptors (Lipinski definition) is 4. The lowest BCUT2D eigenvalue weighted by molar-refractivity contribution is -0.274. The third kappa shape index (κ3) is 8.36. The molecule has 0 saturated carbocycles. The largest absolute Gasteiger partial charge is 0.573 e. The van der Waals surface area contributed by atoms with Crippen LogP contribution in [-0.2, 0) is 11.2 Å². The number of nitrogens with one attached hydrogen (secondary N) is 2. The van der Waals surface area contributed by atoms with E-state index in [2.05, 4.69) is 15.4 Å². The Labute approximate surface area is 163 Å². The summed E-state index contributed by atoms with van der Waals surface area (Å²) in [6.07, 6.45) is -2.69. The number of aliphatic hydroxyl groups excluding tert-OH is 1. The first-order valence-corrected chi connectivity index (χ1v) is 8.73. The van der Waals surface area contributed by atoms with Crippen molar-refractivity contribution in [2.75, 3.05) is 19.7 Å². The van der Waals surface area contributed by atoms with E-state index in [0.717, 1.165) is 24.9 Å². The van der Waals surface area contributed by atoms with Crippen LogP contribution in [-0.4, -0.2) is 43.1 Å². The molecule has 154 valence electrons. The van der Waals surface area contributed by atoms with Crippen LogP contribution in [0.2, 0.25) is 0 Å². The van der Waals surface area contributed by atoms with E-state index in [1.165, 1.54) is 24.3 Å². The Bertz CT molecular complexity index is 584. The van der Waals surface area contributed by atoms with Crippen LogP contribution in [0.4, 0.5) is 13.2 Å². The van der Waals surface area contributed by atoms with Crippen molar-refractivity contribution in [2.24, 2.45) is 11.8 Å². The predicted molar refractivity (Wildman–Crippen MR) is 97.9 cm³/mol. The van der Waals surface area contributed by atoms with E-state index < -0.39 is 6.36 Å². The molecule has 1 aliphatic heterocycles. The Balaban J connectivity index is 0.00000364. The van der Waals surface area contributed by atoms with Gasteiger partial charge in [0.2, 0.25) is 5.91 Å². The van der Waals surface area contributed by atoms with Crippen molar-refractivity contribution in [1.29, 1.82) is 0 Å². The topological polar surface area (TPSA) is 70.6 Å². The molecule has 27 heavy (non-hydrogen) atoms. The number of benzene rings is 1. The summed E-state index contributed by atoms with van der Waals surface area (Å²) in [4.78, 5) is 12.3. The molecule has 1 unspecified atom stereocenters. The molecular formula is C18H26ClF3N2O3. The van der Waals surface area contributed by atoms with Crippen LogP contribution in [0, 0.1) is 11.8 Å². The minimum atomic E-state index is -4.72. The molecule has 3 N–H and O–H groups in total. The van der Waals surface area contributed by atoms with Gasteiger partial charge in [0.15, 0.2) is 0 Å². The molecule has 3 atom stereocenters. The molecule has 1 aromatic rings. The Kier molecular flexibility index (Phi) is 9.35. The van der Waals surface area contributed by atoms with E-state index in [4.69, 9.17) is 0 Å². The molecule has 0 spiro atoms. The molecular weight excluding hydrogens is 385 g/mol. The van der Waals surface area contributed by atoms with Crippen molar-refractivity contribution in [3.8, 4) is 5.75 Å². The number of carbonyl (C=O) groups is 1. The SMILES string of the molecule is C[C@H]1C[C@@H](C(=O)NCC(CO)Cc2ccc(OC(F)(F)F)cc2)CCN1.Cl. The van der Waals surface area contributed by atoms with Gasteiger partial charge in [-0.15, -0.1) is 25.6 Å². The highest BCUT2D eigenvalue weighted by Crippen LogP contribution is 2.23. The standard InChI is InChI=1S/C18H25F3N2O3.ClH/c1-12-8-15(6-7-22-12)17(25)23-10-14(11-24)9-13-2-4-16(5-3-13)26-18(19,20)21;/h2-5,12,14-15,22,24H,6-11H2,1H3,(H,23,25);1H/t12-,14?,15-;/m0./s1. The summed E-state index contributed by atoms with van der Waals surface area (Å²) < 4.78 is 40.3. The fraction of sp³-hybridized carbons (Fsp3) is 0.611. The number of alkyl halides is 3. The quantitative estimate of drug-likeness (QED) is 0.646. The molecule has 1 heterocycles. The van der Waals surface area contributed by atoms with Gasteiger partial charge in [0.05, 0.1) is 0 Å². The number of rotatable bonds is 7. The molecule has 2 rings (SSSR count).